The lowest BCUT2D eigenvalue weighted by molar-refractivity contribution is -0.136. The average Bonchev–Trinajstić information content (AvgIpc) is 3.03. The van der Waals surface area contributed by atoms with E-state index in [2.05, 4.69) is 5.32 Å². The van der Waals surface area contributed by atoms with E-state index in [-0.39, 0.29) is 24.3 Å². The Morgan fingerprint density at radius 1 is 1.16 bits per heavy atom. The normalized spacial score (nSPS) is 21.6. The van der Waals surface area contributed by atoms with Crippen LogP contribution >= 0.6 is 0 Å². The molecule has 8 nitrogen and oxygen atoms in total. The standard InChI is InChI=1S/C23H27N3O5/c1-23(2,3)31-22(30)25-10-8-14(9-11-25)15-4-5-16-13-26(21(29)17(16)12-15)18-6-7-19(27)24-20(18)28/h4-5,8,12,18H,6-7,9-11,13H2,1-3H3,(H,24,27,28)/t18-/m0/s1. The summed E-state index contributed by atoms with van der Waals surface area (Å²) in [4.78, 5) is 52.1. The lowest BCUT2D eigenvalue weighted by atomic mass is 9.96. The molecule has 8 heteroatoms. The van der Waals surface area contributed by atoms with Crippen molar-refractivity contribution >= 4 is 29.4 Å². The first kappa shape index (κ1) is 21.1. The average molecular weight is 425 g/mol. The molecule has 0 radical (unpaired) electrons. The van der Waals surface area contributed by atoms with Gasteiger partial charge in [-0.2, -0.15) is 0 Å². The fraction of sp³-hybridized carbons (Fsp3) is 0.478. The minimum atomic E-state index is -0.614. The predicted molar refractivity (Wildman–Crippen MR) is 113 cm³/mol. The van der Waals surface area contributed by atoms with E-state index in [4.69, 9.17) is 4.74 Å². The molecule has 164 valence electrons. The highest BCUT2D eigenvalue weighted by atomic mass is 16.6. The van der Waals surface area contributed by atoms with E-state index in [1.807, 2.05) is 45.0 Å². The topological polar surface area (TPSA) is 96.0 Å². The molecule has 0 saturated carbocycles. The molecule has 31 heavy (non-hydrogen) atoms. The monoisotopic (exact) mass is 425 g/mol. The van der Waals surface area contributed by atoms with Gasteiger partial charge in [0, 0.05) is 31.6 Å². The number of hydrogen-bond donors (Lipinski definition) is 1. The molecule has 1 N–H and O–H groups in total. The van der Waals surface area contributed by atoms with Crippen LogP contribution in [0.2, 0.25) is 0 Å². The SMILES string of the molecule is CC(C)(C)OC(=O)N1CC=C(c2ccc3c(c2)C(=O)N([C@H]2CCC(=O)NC2=O)C3)CC1. The summed E-state index contributed by atoms with van der Waals surface area (Å²) in [5.74, 6) is -0.884. The number of benzene rings is 1. The molecule has 1 atom stereocenters. The summed E-state index contributed by atoms with van der Waals surface area (Å²) in [6, 6.07) is 5.17. The van der Waals surface area contributed by atoms with Gasteiger partial charge in [0.15, 0.2) is 0 Å². The van der Waals surface area contributed by atoms with Gasteiger partial charge in [-0.15, -0.1) is 0 Å². The number of imide groups is 1. The number of fused-ring (bicyclic) bond motifs is 1. The Morgan fingerprint density at radius 2 is 1.94 bits per heavy atom. The third-order valence-electron chi connectivity index (χ3n) is 5.76. The van der Waals surface area contributed by atoms with Gasteiger partial charge in [-0.05, 0) is 56.4 Å². The first-order valence-electron chi connectivity index (χ1n) is 10.6. The smallest absolute Gasteiger partial charge is 0.410 e. The van der Waals surface area contributed by atoms with Crippen LogP contribution in [0.25, 0.3) is 5.57 Å². The predicted octanol–water partition coefficient (Wildman–Crippen LogP) is 2.47. The van der Waals surface area contributed by atoms with Crippen LogP contribution in [-0.2, 0) is 20.9 Å². The second-order valence-electron chi connectivity index (χ2n) is 9.18. The molecule has 3 aliphatic heterocycles. The highest BCUT2D eigenvalue weighted by Gasteiger charge is 2.39. The van der Waals surface area contributed by atoms with Gasteiger partial charge < -0.3 is 14.5 Å². The van der Waals surface area contributed by atoms with Gasteiger partial charge in [-0.25, -0.2) is 4.79 Å². The number of nitrogens with zero attached hydrogens (tertiary/aromatic N) is 2. The maximum absolute atomic E-state index is 13.0. The Kier molecular flexibility index (Phi) is 5.33. The molecule has 3 aliphatic rings. The molecule has 0 spiro atoms. The van der Waals surface area contributed by atoms with Crippen molar-refractivity contribution in [1.29, 1.82) is 0 Å². The largest absolute Gasteiger partial charge is 0.444 e. The van der Waals surface area contributed by atoms with Crippen LogP contribution in [0.5, 0.6) is 0 Å². The van der Waals surface area contributed by atoms with Gasteiger partial charge >= 0.3 is 6.09 Å². The third-order valence-corrected chi connectivity index (χ3v) is 5.76. The number of hydrogen-bond acceptors (Lipinski definition) is 5. The number of rotatable bonds is 2. The van der Waals surface area contributed by atoms with Crippen LogP contribution in [0.3, 0.4) is 0 Å². The zero-order valence-electron chi connectivity index (χ0n) is 18.1. The van der Waals surface area contributed by atoms with E-state index in [9.17, 15) is 19.2 Å². The second kappa shape index (κ2) is 7.83. The quantitative estimate of drug-likeness (QED) is 0.735. The van der Waals surface area contributed by atoms with E-state index in [1.165, 1.54) is 0 Å². The molecule has 0 aliphatic carbocycles. The molecule has 0 bridgehead atoms. The molecule has 4 amide bonds. The second-order valence-corrected chi connectivity index (χ2v) is 9.18. The maximum Gasteiger partial charge on any atom is 0.410 e. The number of piperidine rings is 1. The van der Waals surface area contributed by atoms with Gasteiger partial charge in [0.1, 0.15) is 11.6 Å². The van der Waals surface area contributed by atoms with E-state index < -0.39 is 17.6 Å². The van der Waals surface area contributed by atoms with E-state index in [1.54, 1.807) is 9.80 Å². The van der Waals surface area contributed by atoms with E-state index in [0.717, 1.165) is 16.7 Å². The van der Waals surface area contributed by atoms with Crippen molar-refractivity contribution in [2.24, 2.45) is 0 Å². The van der Waals surface area contributed by atoms with Gasteiger partial charge in [0.05, 0.1) is 0 Å². The Balaban J connectivity index is 1.47. The van der Waals surface area contributed by atoms with Crippen LogP contribution in [0.15, 0.2) is 24.3 Å². The maximum atomic E-state index is 13.0. The Bertz CT molecular complexity index is 991. The van der Waals surface area contributed by atoms with Crippen LogP contribution in [0.1, 0.15) is 61.5 Å². The number of ether oxygens (including phenoxy) is 1. The minimum Gasteiger partial charge on any atom is -0.444 e. The molecular weight excluding hydrogens is 398 g/mol. The highest BCUT2D eigenvalue weighted by Crippen LogP contribution is 2.31. The fourth-order valence-corrected chi connectivity index (χ4v) is 4.18. The number of carbonyl (C=O) groups is 4. The molecule has 0 aromatic heterocycles. The molecule has 1 saturated heterocycles. The van der Waals surface area contributed by atoms with Crippen molar-refractivity contribution in [2.45, 2.75) is 58.2 Å². The van der Waals surface area contributed by atoms with E-state index in [0.29, 0.717) is 38.0 Å². The molecule has 1 fully saturated rings. The molecule has 1 aromatic carbocycles. The van der Waals surface area contributed by atoms with Crippen molar-refractivity contribution in [1.82, 2.24) is 15.1 Å². The molecule has 4 rings (SSSR count). The van der Waals surface area contributed by atoms with Gasteiger partial charge in [0.25, 0.3) is 5.91 Å². The first-order chi connectivity index (χ1) is 14.6. The lowest BCUT2D eigenvalue weighted by Crippen LogP contribution is -2.52. The minimum absolute atomic E-state index is 0.182. The van der Waals surface area contributed by atoms with E-state index >= 15 is 0 Å². The summed E-state index contributed by atoms with van der Waals surface area (Å²) in [6.07, 6.45) is 2.92. The van der Waals surface area contributed by atoms with Crippen LogP contribution < -0.4 is 5.32 Å². The van der Waals surface area contributed by atoms with Crippen LogP contribution in [-0.4, -0.2) is 58.3 Å². The Labute approximate surface area is 181 Å². The Morgan fingerprint density at radius 3 is 2.58 bits per heavy atom. The molecule has 1 aromatic rings. The lowest BCUT2D eigenvalue weighted by Gasteiger charge is -2.29. The fourth-order valence-electron chi connectivity index (χ4n) is 4.18. The van der Waals surface area contributed by atoms with Crippen molar-refractivity contribution in [3.05, 3.63) is 41.0 Å². The zero-order valence-corrected chi connectivity index (χ0v) is 18.1. The molecule has 0 unspecified atom stereocenters. The highest BCUT2D eigenvalue weighted by molar-refractivity contribution is 6.05. The van der Waals surface area contributed by atoms with Gasteiger partial charge in [-0.3, -0.25) is 19.7 Å². The van der Waals surface area contributed by atoms with Crippen molar-refractivity contribution in [2.75, 3.05) is 13.1 Å². The number of carbonyl (C=O) groups excluding carboxylic acids is 4. The molecule has 3 heterocycles. The van der Waals surface area contributed by atoms with Gasteiger partial charge in [-0.1, -0.05) is 18.2 Å². The van der Waals surface area contributed by atoms with Crippen molar-refractivity contribution < 1.29 is 23.9 Å². The summed E-state index contributed by atoms with van der Waals surface area (Å²) in [5.41, 5.74) is 2.97. The number of amides is 4. The molecular formula is C23H27N3O5. The van der Waals surface area contributed by atoms with Crippen molar-refractivity contribution in [3.8, 4) is 0 Å². The third kappa shape index (κ3) is 4.33. The van der Waals surface area contributed by atoms with Crippen LogP contribution in [0, 0.1) is 0 Å². The van der Waals surface area contributed by atoms with Crippen molar-refractivity contribution in [3.63, 3.8) is 0 Å². The summed E-state index contributed by atoms with van der Waals surface area (Å²) in [7, 11) is 0. The summed E-state index contributed by atoms with van der Waals surface area (Å²) >= 11 is 0. The summed E-state index contributed by atoms with van der Waals surface area (Å²) < 4.78 is 5.43. The summed E-state index contributed by atoms with van der Waals surface area (Å²) in [5, 5.41) is 2.32. The summed E-state index contributed by atoms with van der Waals surface area (Å²) in [6.45, 7) is 6.90. The van der Waals surface area contributed by atoms with Gasteiger partial charge in [0.2, 0.25) is 11.8 Å². The first-order valence-corrected chi connectivity index (χ1v) is 10.6. The Hall–Kier alpha value is -3.16. The van der Waals surface area contributed by atoms with Crippen LogP contribution in [0.4, 0.5) is 4.79 Å². The zero-order chi connectivity index (χ0) is 22.3. The number of nitrogens with one attached hydrogen (secondary N) is 1.